The monoisotopic (exact) mass is 288 g/mol. The topological polar surface area (TPSA) is 50.4 Å². The summed E-state index contributed by atoms with van der Waals surface area (Å²) >= 11 is 0. The molecule has 4 nitrogen and oxygen atoms in total. The third-order valence-corrected chi connectivity index (χ3v) is 2.98. The molecule has 1 saturated heterocycles. The van der Waals surface area contributed by atoms with E-state index >= 15 is 0 Å². The first-order chi connectivity index (χ1) is 9.46. The van der Waals surface area contributed by atoms with Crippen LogP contribution in [-0.4, -0.2) is 24.9 Å². The molecule has 0 saturated carbocycles. The zero-order chi connectivity index (χ0) is 14.6. The van der Waals surface area contributed by atoms with E-state index in [0.29, 0.717) is 13.0 Å². The van der Waals surface area contributed by atoms with Crippen LogP contribution in [-0.2, 0) is 4.79 Å². The van der Waals surface area contributed by atoms with Crippen molar-refractivity contribution in [3.8, 4) is 5.75 Å². The second-order valence-corrected chi connectivity index (χ2v) is 4.53. The van der Waals surface area contributed by atoms with Crippen molar-refractivity contribution in [2.75, 3.05) is 11.9 Å². The average molecular weight is 288 g/mol. The van der Waals surface area contributed by atoms with Gasteiger partial charge >= 0.3 is 6.36 Å². The number of rotatable bonds is 3. The molecule has 1 aliphatic rings. The van der Waals surface area contributed by atoms with Crippen molar-refractivity contribution in [3.05, 3.63) is 24.3 Å². The molecule has 1 aliphatic heterocycles. The van der Waals surface area contributed by atoms with E-state index in [1.54, 1.807) is 6.07 Å². The van der Waals surface area contributed by atoms with Crippen LogP contribution in [0.2, 0.25) is 0 Å². The van der Waals surface area contributed by atoms with E-state index < -0.39 is 12.4 Å². The molecule has 0 bridgehead atoms. The summed E-state index contributed by atoms with van der Waals surface area (Å²) in [6.07, 6.45) is -2.49. The van der Waals surface area contributed by atoms with E-state index in [4.69, 9.17) is 0 Å². The number of amides is 1. The Kier molecular flexibility index (Phi) is 4.36. The lowest BCUT2D eigenvalue weighted by atomic mass is 10.1. The van der Waals surface area contributed by atoms with Gasteiger partial charge in [-0.25, -0.2) is 0 Å². The van der Waals surface area contributed by atoms with Gasteiger partial charge in [0.25, 0.3) is 0 Å². The Hall–Kier alpha value is -1.92. The molecule has 0 aromatic heterocycles. The first kappa shape index (κ1) is 14.5. The van der Waals surface area contributed by atoms with Crippen LogP contribution in [0.5, 0.6) is 5.75 Å². The van der Waals surface area contributed by atoms with Crippen LogP contribution in [0.15, 0.2) is 24.3 Å². The standard InChI is InChI=1S/C13H15F3N2O2/c14-13(15,16)20-11-7-2-1-5-9(11)18-10-6-3-4-8-17-12(10)19/h1-2,5,7,10,18H,3-4,6,8H2,(H,17,19). The summed E-state index contributed by atoms with van der Waals surface area (Å²) in [4.78, 5) is 11.8. The van der Waals surface area contributed by atoms with Gasteiger partial charge in [-0.2, -0.15) is 0 Å². The molecule has 1 aromatic rings. The van der Waals surface area contributed by atoms with Gasteiger partial charge in [0.2, 0.25) is 5.91 Å². The molecule has 1 heterocycles. The summed E-state index contributed by atoms with van der Waals surface area (Å²) in [7, 11) is 0. The highest BCUT2D eigenvalue weighted by Crippen LogP contribution is 2.30. The minimum Gasteiger partial charge on any atom is -0.404 e. The van der Waals surface area contributed by atoms with Crippen LogP contribution < -0.4 is 15.4 Å². The molecule has 20 heavy (non-hydrogen) atoms. The number of anilines is 1. The van der Waals surface area contributed by atoms with Crippen molar-refractivity contribution in [1.29, 1.82) is 0 Å². The van der Waals surface area contributed by atoms with Gasteiger partial charge in [0.15, 0.2) is 5.75 Å². The van der Waals surface area contributed by atoms with Crippen molar-refractivity contribution in [1.82, 2.24) is 5.32 Å². The lowest BCUT2D eigenvalue weighted by Crippen LogP contribution is -2.38. The summed E-state index contributed by atoms with van der Waals surface area (Å²) < 4.78 is 40.9. The first-order valence-corrected chi connectivity index (χ1v) is 6.35. The van der Waals surface area contributed by atoms with Crippen molar-refractivity contribution >= 4 is 11.6 Å². The van der Waals surface area contributed by atoms with Crippen LogP contribution in [0, 0.1) is 0 Å². The van der Waals surface area contributed by atoms with Crippen molar-refractivity contribution < 1.29 is 22.7 Å². The van der Waals surface area contributed by atoms with Gasteiger partial charge < -0.3 is 15.4 Å². The van der Waals surface area contributed by atoms with Crippen molar-refractivity contribution in [3.63, 3.8) is 0 Å². The Balaban J connectivity index is 2.13. The number of hydrogen-bond acceptors (Lipinski definition) is 3. The number of alkyl halides is 3. The average Bonchev–Trinajstić information content (AvgIpc) is 2.56. The van der Waals surface area contributed by atoms with Gasteiger partial charge in [-0.15, -0.1) is 13.2 Å². The van der Waals surface area contributed by atoms with Gasteiger partial charge in [-0.3, -0.25) is 4.79 Å². The predicted octanol–water partition coefficient (Wildman–Crippen LogP) is 2.67. The van der Waals surface area contributed by atoms with E-state index in [1.807, 2.05) is 0 Å². The molecule has 1 fully saturated rings. The number of ether oxygens (including phenoxy) is 1. The minimum absolute atomic E-state index is 0.159. The summed E-state index contributed by atoms with van der Waals surface area (Å²) in [5, 5.41) is 5.54. The third kappa shape index (κ3) is 4.04. The fourth-order valence-electron chi connectivity index (χ4n) is 2.06. The van der Waals surface area contributed by atoms with Gasteiger partial charge in [-0.1, -0.05) is 12.1 Å². The summed E-state index contributed by atoms with van der Waals surface area (Å²) in [5.41, 5.74) is 0.159. The fraction of sp³-hybridized carbons (Fsp3) is 0.462. The lowest BCUT2D eigenvalue weighted by molar-refractivity contribution is -0.274. The highest BCUT2D eigenvalue weighted by atomic mass is 19.4. The van der Waals surface area contributed by atoms with E-state index in [-0.39, 0.29) is 17.3 Å². The molecule has 0 spiro atoms. The Morgan fingerprint density at radius 1 is 1.25 bits per heavy atom. The molecule has 1 aromatic carbocycles. The number of carbonyl (C=O) groups is 1. The molecule has 1 unspecified atom stereocenters. The molecular formula is C13H15F3N2O2. The smallest absolute Gasteiger partial charge is 0.404 e. The summed E-state index contributed by atoms with van der Waals surface area (Å²) in [5.74, 6) is -0.540. The maximum Gasteiger partial charge on any atom is 0.573 e. The highest BCUT2D eigenvalue weighted by Gasteiger charge is 2.32. The van der Waals surface area contributed by atoms with E-state index in [2.05, 4.69) is 15.4 Å². The second-order valence-electron chi connectivity index (χ2n) is 4.53. The minimum atomic E-state index is -4.76. The fourth-order valence-corrected chi connectivity index (χ4v) is 2.06. The zero-order valence-electron chi connectivity index (χ0n) is 10.7. The maximum absolute atomic E-state index is 12.3. The molecule has 0 aliphatic carbocycles. The van der Waals surface area contributed by atoms with Crippen molar-refractivity contribution in [2.45, 2.75) is 31.7 Å². The maximum atomic E-state index is 12.3. The van der Waals surface area contributed by atoms with Gasteiger partial charge in [0, 0.05) is 6.54 Å². The number of hydrogen-bond donors (Lipinski definition) is 2. The highest BCUT2D eigenvalue weighted by molar-refractivity contribution is 5.85. The molecule has 1 amide bonds. The predicted molar refractivity (Wildman–Crippen MR) is 67.4 cm³/mol. The third-order valence-electron chi connectivity index (χ3n) is 2.98. The van der Waals surface area contributed by atoms with Crippen LogP contribution in [0.25, 0.3) is 0 Å². The van der Waals surface area contributed by atoms with Crippen LogP contribution >= 0.6 is 0 Å². The van der Waals surface area contributed by atoms with Gasteiger partial charge in [0.1, 0.15) is 6.04 Å². The molecular weight excluding hydrogens is 273 g/mol. The largest absolute Gasteiger partial charge is 0.573 e. The number of benzene rings is 1. The lowest BCUT2D eigenvalue weighted by Gasteiger charge is -2.19. The van der Waals surface area contributed by atoms with E-state index in [1.165, 1.54) is 18.2 Å². The molecule has 1 atom stereocenters. The van der Waals surface area contributed by atoms with Crippen molar-refractivity contribution in [2.24, 2.45) is 0 Å². The molecule has 2 rings (SSSR count). The normalized spacial score (nSPS) is 19.9. The van der Waals surface area contributed by atoms with Crippen LogP contribution in [0.1, 0.15) is 19.3 Å². The zero-order valence-corrected chi connectivity index (χ0v) is 10.7. The summed E-state index contributed by atoms with van der Waals surface area (Å²) in [6.45, 7) is 0.595. The quantitative estimate of drug-likeness (QED) is 0.899. The SMILES string of the molecule is O=C1NCCCCC1Nc1ccccc1OC(F)(F)F. The van der Waals surface area contributed by atoms with Crippen LogP contribution in [0.3, 0.4) is 0 Å². The van der Waals surface area contributed by atoms with Crippen LogP contribution in [0.4, 0.5) is 18.9 Å². The number of carbonyl (C=O) groups excluding carboxylic acids is 1. The molecule has 2 N–H and O–H groups in total. The second kappa shape index (κ2) is 6.02. The number of nitrogens with one attached hydrogen (secondary N) is 2. The number of halogens is 3. The molecule has 0 radical (unpaired) electrons. The Labute approximate surface area is 114 Å². The Morgan fingerprint density at radius 2 is 2.00 bits per heavy atom. The number of para-hydroxylation sites is 2. The Bertz CT molecular complexity index is 477. The summed E-state index contributed by atoms with van der Waals surface area (Å²) in [6, 6.07) is 5.15. The first-order valence-electron chi connectivity index (χ1n) is 6.35. The molecule has 7 heteroatoms. The van der Waals surface area contributed by atoms with E-state index in [9.17, 15) is 18.0 Å². The molecule has 110 valence electrons. The Morgan fingerprint density at radius 3 is 2.75 bits per heavy atom. The van der Waals surface area contributed by atoms with Gasteiger partial charge in [0.05, 0.1) is 5.69 Å². The van der Waals surface area contributed by atoms with Gasteiger partial charge in [-0.05, 0) is 31.4 Å². The van der Waals surface area contributed by atoms with E-state index in [0.717, 1.165) is 12.8 Å².